The molecule has 4 aromatic rings. The number of amides is 1. The third kappa shape index (κ3) is 5.67. The van der Waals surface area contributed by atoms with E-state index < -0.39 is 0 Å². The standard InChI is InChI=1S/C23H19Cl2N3O2S/c1-15-8-20(6-7-21(15)25)30-13-17-9-22(31-14-17)23(29)27-19-4-2-16(3-5-19)11-28-12-18(24)10-26-28/h2-10,12,14H,11,13H2,1H3,(H,27,29). The van der Waals surface area contributed by atoms with Gasteiger partial charge in [0.1, 0.15) is 12.4 Å². The van der Waals surface area contributed by atoms with E-state index in [2.05, 4.69) is 10.4 Å². The number of hydrogen-bond donors (Lipinski definition) is 1. The van der Waals surface area contributed by atoms with Crippen LogP contribution in [0.3, 0.4) is 0 Å². The molecule has 0 aliphatic carbocycles. The average molecular weight is 472 g/mol. The maximum Gasteiger partial charge on any atom is 0.265 e. The van der Waals surface area contributed by atoms with E-state index in [0.717, 1.165) is 28.1 Å². The highest BCUT2D eigenvalue weighted by molar-refractivity contribution is 7.12. The molecule has 158 valence electrons. The molecule has 0 aliphatic rings. The Hall–Kier alpha value is -2.80. The third-order valence-electron chi connectivity index (χ3n) is 4.57. The van der Waals surface area contributed by atoms with Gasteiger partial charge < -0.3 is 10.1 Å². The van der Waals surface area contributed by atoms with Gasteiger partial charge in [-0.3, -0.25) is 9.48 Å². The van der Waals surface area contributed by atoms with Crippen LogP contribution in [-0.4, -0.2) is 15.7 Å². The maximum atomic E-state index is 12.6. The number of carbonyl (C=O) groups excluding carboxylic acids is 1. The lowest BCUT2D eigenvalue weighted by Crippen LogP contribution is -2.10. The summed E-state index contributed by atoms with van der Waals surface area (Å²) < 4.78 is 7.56. The zero-order valence-corrected chi connectivity index (χ0v) is 19.0. The first kappa shape index (κ1) is 21.4. The normalized spacial score (nSPS) is 10.8. The molecule has 1 N–H and O–H groups in total. The van der Waals surface area contributed by atoms with Crippen LogP contribution >= 0.6 is 34.5 Å². The number of nitrogens with one attached hydrogen (secondary N) is 1. The van der Waals surface area contributed by atoms with E-state index in [9.17, 15) is 4.79 Å². The minimum absolute atomic E-state index is 0.148. The van der Waals surface area contributed by atoms with Gasteiger partial charge in [-0.2, -0.15) is 5.10 Å². The number of anilines is 1. The highest BCUT2D eigenvalue weighted by Gasteiger charge is 2.10. The average Bonchev–Trinajstić information content (AvgIpc) is 3.39. The lowest BCUT2D eigenvalue weighted by atomic mass is 10.2. The second-order valence-corrected chi connectivity index (χ2v) is 8.78. The summed E-state index contributed by atoms with van der Waals surface area (Å²) in [4.78, 5) is 13.2. The molecule has 8 heteroatoms. The van der Waals surface area contributed by atoms with Crippen LogP contribution in [0.5, 0.6) is 5.75 Å². The number of hydrogen-bond acceptors (Lipinski definition) is 4. The van der Waals surface area contributed by atoms with Crippen molar-refractivity contribution in [3.05, 3.63) is 97.9 Å². The summed E-state index contributed by atoms with van der Waals surface area (Å²) in [6.45, 7) is 2.93. The summed E-state index contributed by atoms with van der Waals surface area (Å²) >= 11 is 13.3. The summed E-state index contributed by atoms with van der Waals surface area (Å²) in [5.41, 5.74) is 3.70. The molecule has 0 saturated heterocycles. The van der Waals surface area contributed by atoms with Gasteiger partial charge in [-0.1, -0.05) is 35.3 Å². The van der Waals surface area contributed by atoms with Gasteiger partial charge in [-0.25, -0.2) is 0 Å². The first-order chi connectivity index (χ1) is 15.0. The number of ether oxygens (including phenoxy) is 1. The van der Waals surface area contributed by atoms with Gasteiger partial charge in [0.15, 0.2) is 0 Å². The molecule has 31 heavy (non-hydrogen) atoms. The van der Waals surface area contributed by atoms with Crippen molar-refractivity contribution in [2.45, 2.75) is 20.1 Å². The minimum atomic E-state index is -0.148. The molecular weight excluding hydrogens is 453 g/mol. The largest absolute Gasteiger partial charge is 0.489 e. The van der Waals surface area contributed by atoms with Gasteiger partial charge in [-0.05, 0) is 59.8 Å². The Labute approximate surface area is 194 Å². The second kappa shape index (κ2) is 9.56. The van der Waals surface area contributed by atoms with Crippen molar-refractivity contribution in [3.63, 3.8) is 0 Å². The van der Waals surface area contributed by atoms with Crippen LogP contribution in [0.15, 0.2) is 66.3 Å². The Kier molecular flexibility index (Phi) is 6.61. The van der Waals surface area contributed by atoms with Gasteiger partial charge in [0.05, 0.1) is 22.6 Å². The summed E-state index contributed by atoms with van der Waals surface area (Å²) in [5, 5.41) is 10.3. The Balaban J connectivity index is 1.32. The van der Waals surface area contributed by atoms with E-state index in [0.29, 0.717) is 28.1 Å². The molecule has 4 rings (SSSR count). The molecule has 5 nitrogen and oxygen atoms in total. The SMILES string of the molecule is Cc1cc(OCc2csc(C(=O)Nc3ccc(Cn4cc(Cl)cn4)cc3)c2)ccc1Cl. The van der Waals surface area contributed by atoms with Crippen LogP contribution in [0.2, 0.25) is 10.0 Å². The van der Waals surface area contributed by atoms with Gasteiger partial charge >= 0.3 is 0 Å². The lowest BCUT2D eigenvalue weighted by Gasteiger charge is -2.07. The van der Waals surface area contributed by atoms with Crippen molar-refractivity contribution in [2.75, 3.05) is 5.32 Å². The van der Waals surface area contributed by atoms with Gasteiger partial charge in [0.2, 0.25) is 0 Å². The van der Waals surface area contributed by atoms with Crippen molar-refractivity contribution in [1.82, 2.24) is 9.78 Å². The zero-order chi connectivity index (χ0) is 21.8. The number of thiophene rings is 1. The number of carbonyl (C=O) groups is 1. The molecule has 0 unspecified atom stereocenters. The van der Waals surface area contributed by atoms with Crippen LogP contribution in [-0.2, 0) is 13.2 Å². The smallest absolute Gasteiger partial charge is 0.265 e. The molecule has 0 fully saturated rings. The van der Waals surface area contributed by atoms with Crippen molar-refractivity contribution < 1.29 is 9.53 Å². The molecule has 0 atom stereocenters. The molecule has 1 amide bonds. The maximum absolute atomic E-state index is 12.6. The zero-order valence-electron chi connectivity index (χ0n) is 16.6. The number of nitrogens with zero attached hydrogens (tertiary/aromatic N) is 2. The predicted octanol–water partition coefficient (Wildman–Crippen LogP) is 6.44. The Bertz CT molecular complexity index is 1200. The minimum Gasteiger partial charge on any atom is -0.489 e. The monoisotopic (exact) mass is 471 g/mol. The topological polar surface area (TPSA) is 56.1 Å². The fourth-order valence-corrected chi connectivity index (χ4v) is 4.01. The van der Waals surface area contributed by atoms with Crippen LogP contribution in [0, 0.1) is 6.92 Å². The molecule has 2 aromatic carbocycles. The van der Waals surface area contributed by atoms with Crippen molar-refractivity contribution >= 4 is 46.1 Å². The lowest BCUT2D eigenvalue weighted by molar-refractivity contribution is 0.103. The van der Waals surface area contributed by atoms with Crippen molar-refractivity contribution in [3.8, 4) is 5.75 Å². The number of halogens is 2. The van der Waals surface area contributed by atoms with E-state index in [1.807, 2.05) is 60.8 Å². The fraction of sp³-hybridized carbons (Fsp3) is 0.130. The van der Waals surface area contributed by atoms with Crippen LogP contribution in [0.25, 0.3) is 0 Å². The van der Waals surface area contributed by atoms with E-state index in [4.69, 9.17) is 27.9 Å². The summed E-state index contributed by atoms with van der Waals surface area (Å²) in [6, 6.07) is 15.0. The Morgan fingerprint density at radius 1 is 1.13 bits per heavy atom. The van der Waals surface area contributed by atoms with Crippen molar-refractivity contribution in [1.29, 1.82) is 0 Å². The third-order valence-corrected chi connectivity index (χ3v) is 6.17. The Morgan fingerprint density at radius 3 is 2.65 bits per heavy atom. The molecule has 2 aromatic heterocycles. The molecular formula is C23H19Cl2N3O2S. The first-order valence-electron chi connectivity index (χ1n) is 9.51. The summed E-state index contributed by atoms with van der Waals surface area (Å²) in [5.74, 6) is 0.599. The highest BCUT2D eigenvalue weighted by atomic mass is 35.5. The highest BCUT2D eigenvalue weighted by Crippen LogP contribution is 2.23. The summed E-state index contributed by atoms with van der Waals surface area (Å²) in [6.07, 6.45) is 3.37. The van der Waals surface area contributed by atoms with Crippen molar-refractivity contribution in [2.24, 2.45) is 0 Å². The van der Waals surface area contributed by atoms with E-state index in [1.54, 1.807) is 17.1 Å². The van der Waals surface area contributed by atoms with E-state index in [1.165, 1.54) is 11.3 Å². The first-order valence-corrected chi connectivity index (χ1v) is 11.1. The Morgan fingerprint density at radius 2 is 1.94 bits per heavy atom. The quantitative estimate of drug-likeness (QED) is 0.337. The molecule has 2 heterocycles. The molecule has 0 aliphatic heterocycles. The molecule has 0 radical (unpaired) electrons. The second-order valence-electron chi connectivity index (χ2n) is 7.03. The number of benzene rings is 2. The predicted molar refractivity (Wildman–Crippen MR) is 126 cm³/mol. The van der Waals surface area contributed by atoms with E-state index in [-0.39, 0.29) is 5.91 Å². The van der Waals surface area contributed by atoms with Gasteiger partial charge in [0.25, 0.3) is 5.91 Å². The van der Waals surface area contributed by atoms with E-state index >= 15 is 0 Å². The van der Waals surface area contributed by atoms with Crippen LogP contribution in [0.1, 0.15) is 26.4 Å². The molecule has 0 bridgehead atoms. The van der Waals surface area contributed by atoms with Gasteiger partial charge in [-0.15, -0.1) is 11.3 Å². The van der Waals surface area contributed by atoms with Crippen LogP contribution in [0.4, 0.5) is 5.69 Å². The van der Waals surface area contributed by atoms with Crippen LogP contribution < -0.4 is 10.1 Å². The fourth-order valence-electron chi connectivity index (χ4n) is 2.94. The molecule has 0 spiro atoms. The van der Waals surface area contributed by atoms with Gasteiger partial charge in [0, 0.05) is 22.5 Å². The molecule has 0 saturated carbocycles. The number of aryl methyl sites for hydroxylation is 1. The summed E-state index contributed by atoms with van der Waals surface area (Å²) in [7, 11) is 0. The number of rotatable bonds is 7. The number of aromatic nitrogens is 2.